The van der Waals surface area contributed by atoms with E-state index < -0.39 is 0 Å². The molecule has 0 aliphatic carbocycles. The summed E-state index contributed by atoms with van der Waals surface area (Å²) in [6.07, 6.45) is 0.750. The van der Waals surface area contributed by atoms with Gasteiger partial charge in [0, 0.05) is 0 Å². The molecule has 1 nitrogen and oxygen atoms in total. The molecule has 0 aromatic heterocycles. The van der Waals surface area contributed by atoms with Crippen molar-refractivity contribution in [2.24, 2.45) is 0 Å². The molecule has 0 N–H and O–H groups in total. The second-order valence-corrected chi connectivity index (χ2v) is 2.23. The fraction of sp³-hybridized carbons (Fsp3) is 1.00. The van der Waals surface area contributed by atoms with E-state index in [1.807, 2.05) is 27.7 Å². The number of hydrogen-bond donors (Lipinski definition) is 0. The first-order chi connectivity index (χ1) is 3.13. The van der Waals surface area contributed by atoms with Gasteiger partial charge in [0.1, 0.15) is 0 Å². The molecule has 0 saturated heterocycles. The monoisotopic (exact) mass is 138 g/mol. The van der Waals surface area contributed by atoms with Crippen LogP contribution in [0.1, 0.15) is 29.1 Å². The molecule has 0 rings (SSSR count). The number of hydrogen-bond acceptors (Lipinski definition) is 1. The molecule has 0 saturated carbocycles. The Labute approximate surface area is 59.3 Å². The number of halogens is 1. The van der Waals surface area contributed by atoms with Crippen LogP contribution >= 0.6 is 0 Å². The molecule has 52 valence electrons. The van der Waals surface area contributed by atoms with Gasteiger partial charge in [-0.25, -0.2) is 0 Å². The fourth-order valence-corrected chi connectivity index (χ4v) is 0.544. The minimum Gasteiger partial charge on any atom is -1.00 e. The minimum atomic E-state index is 0. The summed E-state index contributed by atoms with van der Waals surface area (Å²) in [7, 11) is 0. The van der Waals surface area contributed by atoms with E-state index in [0.29, 0.717) is 12.2 Å². The lowest BCUT2D eigenvalue weighted by Gasteiger charge is -2.09. The lowest BCUT2D eigenvalue weighted by atomic mass is 10.4. The van der Waals surface area contributed by atoms with Crippen LogP contribution in [0.4, 0.5) is 0 Å². The smallest absolute Gasteiger partial charge is 1.00 e. The Hall–Kier alpha value is 0.250. The molecule has 0 fully saturated rings. The lowest BCUT2D eigenvalue weighted by molar-refractivity contribution is -0.0000137. The Morgan fingerprint density at radius 2 is 1.25 bits per heavy atom. The molecular weight excluding hydrogens is 124 g/mol. The average molecular weight is 139 g/mol. The van der Waals surface area contributed by atoms with Gasteiger partial charge in [0.15, 0.2) is 0 Å². The Bertz CT molecular complexity index is 42.3. The van der Waals surface area contributed by atoms with Crippen molar-refractivity contribution in [3.8, 4) is 0 Å². The fourth-order valence-electron chi connectivity index (χ4n) is 0.544. The molecule has 0 aliphatic rings. The zero-order chi connectivity index (χ0) is 5.86. The number of ether oxygens (including phenoxy) is 1. The maximum Gasteiger partial charge on any atom is 1.00 e. The van der Waals surface area contributed by atoms with Gasteiger partial charge in [0.05, 0.1) is 12.2 Å². The average Bonchev–Trinajstić information content (AvgIpc) is 1.27. The van der Waals surface area contributed by atoms with Crippen LogP contribution in [0.25, 0.3) is 0 Å². The SMILES string of the molecule is CC(C)OC(C)C.[Cl-].[H+]. The van der Waals surface area contributed by atoms with Crippen LogP contribution < -0.4 is 12.4 Å². The van der Waals surface area contributed by atoms with E-state index in [0.717, 1.165) is 0 Å². The van der Waals surface area contributed by atoms with E-state index in [1.165, 1.54) is 0 Å². The van der Waals surface area contributed by atoms with Crippen molar-refractivity contribution in [3.05, 3.63) is 0 Å². The zero-order valence-electron chi connectivity index (χ0n) is 6.94. The number of rotatable bonds is 2. The van der Waals surface area contributed by atoms with Gasteiger partial charge in [-0.1, -0.05) is 0 Å². The second kappa shape index (κ2) is 5.39. The van der Waals surface area contributed by atoms with Crippen LogP contribution in [-0.2, 0) is 4.74 Å². The van der Waals surface area contributed by atoms with Crippen molar-refractivity contribution in [1.82, 2.24) is 0 Å². The molecule has 0 aliphatic heterocycles. The molecule has 0 atom stereocenters. The molecular formula is C6H15ClO. The van der Waals surface area contributed by atoms with Gasteiger partial charge < -0.3 is 17.1 Å². The molecule has 0 unspecified atom stereocenters. The van der Waals surface area contributed by atoms with Crippen LogP contribution in [0.2, 0.25) is 0 Å². The Balaban J connectivity index is -0.000000180. The van der Waals surface area contributed by atoms with Gasteiger partial charge in [-0.05, 0) is 27.7 Å². The molecule has 0 aromatic carbocycles. The predicted molar refractivity (Wildman–Crippen MR) is 32.5 cm³/mol. The summed E-state index contributed by atoms with van der Waals surface area (Å²) in [5, 5.41) is 0. The van der Waals surface area contributed by atoms with Crippen LogP contribution in [0.15, 0.2) is 0 Å². The summed E-state index contributed by atoms with van der Waals surface area (Å²) in [6, 6.07) is 0. The van der Waals surface area contributed by atoms with E-state index in [2.05, 4.69) is 0 Å². The molecule has 0 radical (unpaired) electrons. The lowest BCUT2D eigenvalue weighted by Crippen LogP contribution is -3.00. The summed E-state index contributed by atoms with van der Waals surface area (Å²) >= 11 is 0. The third kappa shape index (κ3) is 9.54. The molecule has 0 amide bonds. The molecule has 0 heterocycles. The van der Waals surface area contributed by atoms with Crippen molar-refractivity contribution < 1.29 is 18.6 Å². The van der Waals surface area contributed by atoms with Crippen LogP contribution in [-0.4, -0.2) is 12.2 Å². The predicted octanol–water partition coefficient (Wildman–Crippen LogP) is -1.06. The molecule has 0 aromatic rings. The Kier molecular flexibility index (Phi) is 7.48. The highest BCUT2D eigenvalue weighted by atomic mass is 35.5. The Morgan fingerprint density at radius 3 is 1.25 bits per heavy atom. The first-order valence-corrected chi connectivity index (χ1v) is 2.78. The van der Waals surface area contributed by atoms with Crippen molar-refractivity contribution in [3.63, 3.8) is 0 Å². The van der Waals surface area contributed by atoms with E-state index in [4.69, 9.17) is 4.74 Å². The summed E-state index contributed by atoms with van der Waals surface area (Å²) in [4.78, 5) is 0. The van der Waals surface area contributed by atoms with Gasteiger partial charge in [-0.2, -0.15) is 0 Å². The van der Waals surface area contributed by atoms with Crippen LogP contribution in [0.5, 0.6) is 0 Å². The van der Waals surface area contributed by atoms with Gasteiger partial charge in [0.2, 0.25) is 0 Å². The van der Waals surface area contributed by atoms with E-state index >= 15 is 0 Å². The normalized spacial score (nSPS) is 9.75. The minimum absolute atomic E-state index is 0. The van der Waals surface area contributed by atoms with Crippen LogP contribution in [0.3, 0.4) is 0 Å². The standard InChI is InChI=1S/C6H14O.ClH/c1-5(2)7-6(3)4;/h5-6H,1-4H3;1H. The molecule has 0 bridgehead atoms. The van der Waals surface area contributed by atoms with Crippen molar-refractivity contribution in [2.75, 3.05) is 0 Å². The topological polar surface area (TPSA) is 9.23 Å². The first kappa shape index (κ1) is 11.1. The highest BCUT2D eigenvalue weighted by Gasteiger charge is 1.94. The van der Waals surface area contributed by atoms with E-state index in [1.54, 1.807) is 0 Å². The highest BCUT2D eigenvalue weighted by Crippen LogP contribution is 1.93. The van der Waals surface area contributed by atoms with Crippen LogP contribution in [0, 0.1) is 0 Å². The molecule has 8 heavy (non-hydrogen) atoms. The molecule has 0 spiro atoms. The summed E-state index contributed by atoms with van der Waals surface area (Å²) in [6.45, 7) is 8.17. The summed E-state index contributed by atoms with van der Waals surface area (Å²) in [5.41, 5.74) is 0. The Morgan fingerprint density at radius 1 is 1.00 bits per heavy atom. The van der Waals surface area contributed by atoms with Crippen molar-refractivity contribution in [2.45, 2.75) is 39.9 Å². The summed E-state index contributed by atoms with van der Waals surface area (Å²) in [5.74, 6) is 0. The van der Waals surface area contributed by atoms with E-state index in [9.17, 15) is 0 Å². The van der Waals surface area contributed by atoms with Gasteiger partial charge in [-0.15, -0.1) is 0 Å². The van der Waals surface area contributed by atoms with Gasteiger partial charge >= 0.3 is 1.43 Å². The summed E-state index contributed by atoms with van der Waals surface area (Å²) < 4.78 is 5.25. The quantitative estimate of drug-likeness (QED) is 0.473. The highest BCUT2D eigenvalue weighted by molar-refractivity contribution is 4.40. The molecule has 2 heteroatoms. The van der Waals surface area contributed by atoms with Gasteiger partial charge in [0.25, 0.3) is 0 Å². The largest absolute Gasteiger partial charge is 1.00 e. The zero-order valence-corrected chi connectivity index (χ0v) is 6.70. The second-order valence-electron chi connectivity index (χ2n) is 2.23. The van der Waals surface area contributed by atoms with E-state index in [-0.39, 0.29) is 13.8 Å². The van der Waals surface area contributed by atoms with Crippen molar-refractivity contribution >= 4 is 0 Å². The maximum absolute atomic E-state index is 5.25. The third-order valence-electron chi connectivity index (χ3n) is 0.544. The van der Waals surface area contributed by atoms with Gasteiger partial charge in [-0.3, -0.25) is 0 Å². The maximum atomic E-state index is 5.25. The first-order valence-electron chi connectivity index (χ1n) is 2.78. The van der Waals surface area contributed by atoms with Crippen molar-refractivity contribution in [1.29, 1.82) is 0 Å². The third-order valence-corrected chi connectivity index (χ3v) is 0.544.